The SMILES string of the molecule is CCCCOCCOc1cc(N)ccc1Br. The average molecular weight is 288 g/mol. The van der Waals surface area contributed by atoms with E-state index in [4.69, 9.17) is 15.2 Å². The van der Waals surface area contributed by atoms with Crippen molar-refractivity contribution in [2.75, 3.05) is 25.6 Å². The van der Waals surface area contributed by atoms with Crippen LogP contribution in [0.5, 0.6) is 5.75 Å². The number of rotatable bonds is 7. The van der Waals surface area contributed by atoms with Gasteiger partial charge in [0.25, 0.3) is 0 Å². The molecule has 1 aromatic rings. The minimum atomic E-state index is 0.547. The summed E-state index contributed by atoms with van der Waals surface area (Å²) < 4.78 is 11.9. The summed E-state index contributed by atoms with van der Waals surface area (Å²) in [6.45, 7) is 4.11. The van der Waals surface area contributed by atoms with Gasteiger partial charge in [0.1, 0.15) is 12.4 Å². The predicted octanol–water partition coefficient (Wildman–Crippen LogP) is 3.23. The molecule has 0 aliphatic rings. The molecule has 0 heterocycles. The van der Waals surface area contributed by atoms with Crippen LogP contribution in [0, 0.1) is 0 Å². The predicted molar refractivity (Wildman–Crippen MR) is 69.8 cm³/mol. The molecule has 1 aromatic carbocycles. The van der Waals surface area contributed by atoms with Gasteiger partial charge in [-0.2, -0.15) is 0 Å². The van der Waals surface area contributed by atoms with Crippen molar-refractivity contribution in [3.63, 3.8) is 0 Å². The van der Waals surface area contributed by atoms with Crippen molar-refractivity contribution in [2.45, 2.75) is 19.8 Å². The van der Waals surface area contributed by atoms with Crippen LogP contribution in [0.2, 0.25) is 0 Å². The Kier molecular flexibility index (Phi) is 6.26. The minimum absolute atomic E-state index is 0.547. The van der Waals surface area contributed by atoms with Crippen molar-refractivity contribution in [3.8, 4) is 5.75 Å². The molecule has 4 heteroatoms. The standard InChI is InChI=1S/C12H18BrNO2/c1-2-3-6-15-7-8-16-12-9-10(14)4-5-11(12)13/h4-5,9H,2-3,6-8,14H2,1H3. The molecule has 0 saturated heterocycles. The van der Waals surface area contributed by atoms with E-state index < -0.39 is 0 Å². The molecule has 0 spiro atoms. The maximum atomic E-state index is 5.67. The molecule has 0 fully saturated rings. The van der Waals surface area contributed by atoms with Crippen LogP contribution in [-0.2, 0) is 4.74 Å². The van der Waals surface area contributed by atoms with Crippen LogP contribution < -0.4 is 10.5 Å². The topological polar surface area (TPSA) is 44.5 Å². The zero-order valence-electron chi connectivity index (χ0n) is 9.54. The summed E-state index contributed by atoms with van der Waals surface area (Å²) >= 11 is 3.40. The Hall–Kier alpha value is -0.740. The first-order valence-corrected chi connectivity index (χ1v) is 6.29. The molecule has 0 unspecified atom stereocenters. The lowest BCUT2D eigenvalue weighted by molar-refractivity contribution is 0.0978. The zero-order valence-corrected chi connectivity index (χ0v) is 11.1. The van der Waals surface area contributed by atoms with Gasteiger partial charge in [-0.05, 0) is 34.5 Å². The third-order valence-corrected chi connectivity index (χ3v) is 2.74. The maximum Gasteiger partial charge on any atom is 0.135 e. The van der Waals surface area contributed by atoms with E-state index in [1.807, 2.05) is 12.1 Å². The molecule has 0 aliphatic carbocycles. The number of benzene rings is 1. The van der Waals surface area contributed by atoms with E-state index in [0.717, 1.165) is 29.7 Å². The Labute approximate surface area is 105 Å². The lowest BCUT2D eigenvalue weighted by atomic mass is 10.3. The van der Waals surface area contributed by atoms with Gasteiger partial charge >= 0.3 is 0 Å². The van der Waals surface area contributed by atoms with Crippen molar-refractivity contribution in [3.05, 3.63) is 22.7 Å². The second-order valence-corrected chi connectivity index (χ2v) is 4.36. The Bertz CT molecular complexity index is 318. The van der Waals surface area contributed by atoms with Crippen molar-refractivity contribution < 1.29 is 9.47 Å². The highest BCUT2D eigenvalue weighted by molar-refractivity contribution is 9.10. The highest BCUT2D eigenvalue weighted by atomic mass is 79.9. The maximum absolute atomic E-state index is 5.67. The van der Waals surface area contributed by atoms with Crippen molar-refractivity contribution >= 4 is 21.6 Å². The van der Waals surface area contributed by atoms with Crippen LogP contribution in [0.15, 0.2) is 22.7 Å². The van der Waals surface area contributed by atoms with Crippen LogP contribution in [0.1, 0.15) is 19.8 Å². The second kappa shape index (κ2) is 7.52. The van der Waals surface area contributed by atoms with E-state index in [2.05, 4.69) is 22.9 Å². The molecular weight excluding hydrogens is 270 g/mol. The summed E-state index contributed by atoms with van der Waals surface area (Å²) in [5.74, 6) is 0.763. The Balaban J connectivity index is 2.23. The van der Waals surface area contributed by atoms with Gasteiger partial charge in [0.15, 0.2) is 0 Å². The molecule has 0 saturated carbocycles. The van der Waals surface area contributed by atoms with Gasteiger partial charge in [-0.1, -0.05) is 13.3 Å². The second-order valence-electron chi connectivity index (χ2n) is 3.50. The molecule has 1 rings (SSSR count). The van der Waals surface area contributed by atoms with Crippen LogP contribution in [0.4, 0.5) is 5.69 Å². The minimum Gasteiger partial charge on any atom is -0.490 e. The van der Waals surface area contributed by atoms with E-state index >= 15 is 0 Å². The summed E-state index contributed by atoms with van der Waals surface area (Å²) in [7, 11) is 0. The Morgan fingerprint density at radius 1 is 1.25 bits per heavy atom. The molecule has 3 nitrogen and oxygen atoms in total. The number of nitrogens with two attached hydrogens (primary N) is 1. The van der Waals surface area contributed by atoms with Gasteiger partial charge < -0.3 is 15.2 Å². The van der Waals surface area contributed by atoms with Crippen molar-refractivity contribution in [2.24, 2.45) is 0 Å². The van der Waals surface area contributed by atoms with E-state index in [1.165, 1.54) is 0 Å². The molecule has 0 aromatic heterocycles. The summed E-state index contributed by atoms with van der Waals surface area (Å²) in [5.41, 5.74) is 6.36. The molecule has 90 valence electrons. The quantitative estimate of drug-likeness (QED) is 0.619. The van der Waals surface area contributed by atoms with Crippen LogP contribution in [-0.4, -0.2) is 19.8 Å². The molecule has 0 bridgehead atoms. The van der Waals surface area contributed by atoms with Gasteiger partial charge in [-0.3, -0.25) is 0 Å². The first kappa shape index (κ1) is 13.3. The van der Waals surface area contributed by atoms with Gasteiger partial charge in [0, 0.05) is 18.4 Å². The Morgan fingerprint density at radius 3 is 2.81 bits per heavy atom. The van der Waals surface area contributed by atoms with Gasteiger partial charge in [-0.25, -0.2) is 0 Å². The largest absolute Gasteiger partial charge is 0.490 e. The van der Waals surface area contributed by atoms with Crippen LogP contribution in [0.25, 0.3) is 0 Å². The van der Waals surface area contributed by atoms with Crippen LogP contribution in [0.3, 0.4) is 0 Å². The van der Waals surface area contributed by atoms with Crippen LogP contribution >= 0.6 is 15.9 Å². The summed E-state index contributed by atoms with van der Waals surface area (Å²) in [5, 5.41) is 0. The smallest absolute Gasteiger partial charge is 0.135 e. The average Bonchev–Trinajstić information content (AvgIpc) is 2.28. The van der Waals surface area contributed by atoms with E-state index in [9.17, 15) is 0 Å². The number of anilines is 1. The number of halogens is 1. The molecule has 0 amide bonds. The molecule has 0 atom stereocenters. The molecule has 16 heavy (non-hydrogen) atoms. The van der Waals surface area contributed by atoms with Gasteiger partial charge in [-0.15, -0.1) is 0 Å². The number of unbranched alkanes of at least 4 members (excludes halogenated alkanes) is 1. The van der Waals surface area contributed by atoms with Gasteiger partial charge in [0.05, 0.1) is 11.1 Å². The third-order valence-electron chi connectivity index (χ3n) is 2.08. The zero-order chi connectivity index (χ0) is 11.8. The fraction of sp³-hybridized carbons (Fsp3) is 0.500. The molecule has 0 radical (unpaired) electrons. The van der Waals surface area contributed by atoms with E-state index in [0.29, 0.717) is 18.9 Å². The number of hydrogen-bond acceptors (Lipinski definition) is 3. The summed E-state index contributed by atoms with van der Waals surface area (Å²) in [4.78, 5) is 0. The van der Waals surface area contributed by atoms with E-state index in [-0.39, 0.29) is 0 Å². The first-order chi connectivity index (χ1) is 7.74. The summed E-state index contributed by atoms with van der Waals surface area (Å²) in [6.07, 6.45) is 2.25. The Morgan fingerprint density at radius 2 is 2.06 bits per heavy atom. The van der Waals surface area contributed by atoms with E-state index in [1.54, 1.807) is 6.07 Å². The fourth-order valence-electron chi connectivity index (χ4n) is 1.19. The lowest BCUT2D eigenvalue weighted by Crippen LogP contribution is -2.07. The monoisotopic (exact) mass is 287 g/mol. The molecular formula is C12H18BrNO2. The number of nitrogen functional groups attached to an aromatic ring is 1. The number of ether oxygens (including phenoxy) is 2. The highest BCUT2D eigenvalue weighted by Crippen LogP contribution is 2.26. The normalized spacial score (nSPS) is 10.4. The molecule has 2 N–H and O–H groups in total. The molecule has 0 aliphatic heterocycles. The summed E-state index contributed by atoms with van der Waals surface area (Å²) in [6, 6.07) is 5.51. The number of hydrogen-bond donors (Lipinski definition) is 1. The van der Waals surface area contributed by atoms with Crippen molar-refractivity contribution in [1.82, 2.24) is 0 Å². The van der Waals surface area contributed by atoms with Crippen molar-refractivity contribution in [1.29, 1.82) is 0 Å². The van der Waals surface area contributed by atoms with Gasteiger partial charge in [0.2, 0.25) is 0 Å². The fourth-order valence-corrected chi connectivity index (χ4v) is 1.55. The lowest BCUT2D eigenvalue weighted by Gasteiger charge is -2.09. The first-order valence-electron chi connectivity index (χ1n) is 5.49. The highest BCUT2D eigenvalue weighted by Gasteiger charge is 2.01. The third kappa shape index (κ3) is 4.86.